The number of hydrogen-bond acceptors (Lipinski definition) is 5. The van der Waals surface area contributed by atoms with Crippen LogP contribution in [-0.2, 0) is 15.3 Å². The van der Waals surface area contributed by atoms with Crippen LogP contribution < -0.4 is 15.8 Å². The first-order chi connectivity index (χ1) is 11.4. The molecule has 1 rings (SSSR count). The summed E-state index contributed by atoms with van der Waals surface area (Å²) in [5, 5.41) is 2.59. The van der Waals surface area contributed by atoms with Gasteiger partial charge in [0.05, 0.1) is 7.11 Å². The number of amides is 2. The molecular formula is C18H28N2O4S. The van der Waals surface area contributed by atoms with Gasteiger partial charge in [0.25, 0.3) is 0 Å². The average molecular weight is 368 g/mol. The molecule has 140 valence electrons. The molecule has 1 atom stereocenters. The number of benzene rings is 1. The van der Waals surface area contributed by atoms with Gasteiger partial charge >= 0.3 is 6.09 Å². The quantitative estimate of drug-likeness (QED) is 0.772. The minimum Gasteiger partial charge on any atom is -0.497 e. The number of methoxy groups -OCH3 is 1. The van der Waals surface area contributed by atoms with Crippen LogP contribution in [0.1, 0.15) is 40.2 Å². The molecule has 1 aromatic carbocycles. The van der Waals surface area contributed by atoms with E-state index in [1.807, 2.05) is 38.1 Å². The van der Waals surface area contributed by atoms with Crippen molar-refractivity contribution < 1.29 is 19.1 Å². The molecule has 0 saturated carbocycles. The molecule has 0 radical (unpaired) electrons. The molecule has 3 N–H and O–H groups in total. The molecule has 25 heavy (non-hydrogen) atoms. The van der Waals surface area contributed by atoms with Gasteiger partial charge in [-0.2, -0.15) is 0 Å². The highest BCUT2D eigenvalue weighted by Crippen LogP contribution is 2.32. The molecule has 0 bridgehead atoms. The standard InChI is InChI=1S/C18H28N2O4S/c1-17(2,3)24-16(22)20-14(15(19)21)18(4,5)25-11-12-7-9-13(23-6)10-8-12/h7-10,14H,11H2,1-6H3,(H2,19,21)(H,20,22). The maximum absolute atomic E-state index is 12.0. The maximum atomic E-state index is 12.0. The topological polar surface area (TPSA) is 90.7 Å². The Balaban J connectivity index is 2.75. The van der Waals surface area contributed by atoms with Crippen LogP contribution >= 0.6 is 11.8 Å². The van der Waals surface area contributed by atoms with Crippen molar-refractivity contribution in [2.45, 2.75) is 56.8 Å². The Morgan fingerprint density at radius 2 is 1.72 bits per heavy atom. The first kappa shape index (κ1) is 21.2. The van der Waals surface area contributed by atoms with Crippen LogP contribution in [0, 0.1) is 0 Å². The van der Waals surface area contributed by atoms with Gasteiger partial charge in [0.2, 0.25) is 5.91 Å². The SMILES string of the molecule is COc1ccc(CSC(C)(C)C(NC(=O)OC(C)(C)C)C(N)=O)cc1. The maximum Gasteiger partial charge on any atom is 0.408 e. The number of primary amides is 1. The lowest BCUT2D eigenvalue weighted by Gasteiger charge is -2.33. The van der Waals surface area contributed by atoms with Crippen LogP contribution in [0.5, 0.6) is 5.75 Å². The Morgan fingerprint density at radius 3 is 2.16 bits per heavy atom. The van der Waals surface area contributed by atoms with Gasteiger partial charge in [-0.25, -0.2) is 4.79 Å². The van der Waals surface area contributed by atoms with Gasteiger partial charge in [-0.15, -0.1) is 11.8 Å². The van der Waals surface area contributed by atoms with Gasteiger partial charge < -0.3 is 20.5 Å². The highest BCUT2D eigenvalue weighted by Gasteiger charge is 2.36. The van der Waals surface area contributed by atoms with E-state index in [1.165, 1.54) is 11.8 Å². The van der Waals surface area contributed by atoms with Gasteiger partial charge in [0.15, 0.2) is 0 Å². The van der Waals surface area contributed by atoms with Crippen molar-refractivity contribution in [2.24, 2.45) is 5.73 Å². The summed E-state index contributed by atoms with van der Waals surface area (Å²) >= 11 is 1.53. The zero-order valence-electron chi connectivity index (χ0n) is 15.7. The number of nitrogens with two attached hydrogens (primary N) is 1. The van der Waals surface area contributed by atoms with E-state index in [4.69, 9.17) is 15.2 Å². The molecule has 0 heterocycles. The third-order valence-corrected chi connectivity index (χ3v) is 4.87. The minimum absolute atomic E-state index is 0.599. The summed E-state index contributed by atoms with van der Waals surface area (Å²) in [5.74, 6) is 0.851. The molecule has 0 fully saturated rings. The van der Waals surface area contributed by atoms with Gasteiger partial charge in [-0.1, -0.05) is 12.1 Å². The van der Waals surface area contributed by atoms with Gasteiger partial charge in [-0.05, 0) is 52.3 Å². The van der Waals surface area contributed by atoms with Gasteiger partial charge in [0, 0.05) is 10.5 Å². The summed E-state index contributed by atoms with van der Waals surface area (Å²) in [6.45, 7) is 9.02. The molecule has 0 saturated heterocycles. The van der Waals surface area contributed by atoms with Crippen LogP contribution in [-0.4, -0.2) is 35.5 Å². The number of carbonyl (C=O) groups excluding carboxylic acids is 2. The lowest BCUT2D eigenvalue weighted by molar-refractivity contribution is -0.120. The molecule has 1 unspecified atom stereocenters. The highest BCUT2D eigenvalue weighted by atomic mass is 32.2. The third kappa shape index (κ3) is 7.25. The fourth-order valence-electron chi connectivity index (χ4n) is 2.09. The van der Waals surface area contributed by atoms with Crippen molar-refractivity contribution >= 4 is 23.8 Å². The molecule has 0 aliphatic carbocycles. The van der Waals surface area contributed by atoms with Crippen LogP contribution in [0.15, 0.2) is 24.3 Å². The summed E-state index contributed by atoms with van der Waals surface area (Å²) in [6, 6.07) is 6.83. The first-order valence-corrected chi connectivity index (χ1v) is 8.99. The number of hydrogen-bond donors (Lipinski definition) is 2. The van der Waals surface area contributed by atoms with E-state index in [2.05, 4.69) is 5.32 Å². The summed E-state index contributed by atoms with van der Waals surface area (Å²) in [4.78, 5) is 23.9. The predicted octanol–water partition coefficient (Wildman–Crippen LogP) is 3.09. The van der Waals surface area contributed by atoms with Gasteiger partial charge in [-0.3, -0.25) is 4.79 Å². The fourth-order valence-corrected chi connectivity index (χ4v) is 3.16. The normalized spacial score (nSPS) is 13.0. The first-order valence-electron chi connectivity index (χ1n) is 8.00. The number of ether oxygens (including phenoxy) is 2. The van der Waals surface area contributed by atoms with Crippen LogP contribution in [0.2, 0.25) is 0 Å². The second-order valence-electron chi connectivity index (χ2n) is 7.22. The van der Waals surface area contributed by atoms with Crippen LogP contribution in [0.3, 0.4) is 0 Å². The zero-order valence-corrected chi connectivity index (χ0v) is 16.5. The number of nitrogens with one attached hydrogen (secondary N) is 1. The largest absolute Gasteiger partial charge is 0.497 e. The Labute approximate surface area is 153 Å². The van der Waals surface area contributed by atoms with E-state index in [1.54, 1.807) is 27.9 Å². The van der Waals surface area contributed by atoms with E-state index < -0.39 is 28.4 Å². The zero-order chi connectivity index (χ0) is 19.3. The molecular weight excluding hydrogens is 340 g/mol. The van der Waals surface area contributed by atoms with Gasteiger partial charge in [0.1, 0.15) is 17.4 Å². The number of alkyl carbamates (subject to hydrolysis) is 1. The monoisotopic (exact) mass is 368 g/mol. The average Bonchev–Trinajstić information content (AvgIpc) is 2.49. The lowest BCUT2D eigenvalue weighted by Crippen LogP contribution is -2.55. The van der Waals surface area contributed by atoms with E-state index in [-0.39, 0.29) is 0 Å². The highest BCUT2D eigenvalue weighted by molar-refractivity contribution is 7.99. The van der Waals surface area contributed by atoms with Crippen molar-refractivity contribution in [1.29, 1.82) is 0 Å². The molecule has 2 amide bonds. The van der Waals surface area contributed by atoms with Crippen molar-refractivity contribution in [3.8, 4) is 5.75 Å². The fraction of sp³-hybridized carbons (Fsp3) is 0.556. The Bertz CT molecular complexity index is 594. The smallest absolute Gasteiger partial charge is 0.408 e. The van der Waals surface area contributed by atoms with Crippen molar-refractivity contribution in [1.82, 2.24) is 5.32 Å². The molecule has 1 aromatic rings. The Kier molecular flexibility index (Phi) is 7.17. The second-order valence-corrected chi connectivity index (χ2v) is 8.85. The van der Waals surface area contributed by atoms with Crippen molar-refractivity contribution in [3.05, 3.63) is 29.8 Å². The number of thioether (sulfide) groups is 1. The van der Waals surface area contributed by atoms with Crippen LogP contribution in [0.4, 0.5) is 4.79 Å². The summed E-state index contributed by atoms with van der Waals surface area (Å²) < 4.78 is 9.75. The minimum atomic E-state index is -0.856. The molecule has 0 aliphatic heterocycles. The van der Waals surface area contributed by atoms with E-state index in [9.17, 15) is 9.59 Å². The lowest BCUT2D eigenvalue weighted by atomic mass is 10.0. The van der Waals surface area contributed by atoms with E-state index in [0.717, 1.165) is 11.3 Å². The van der Waals surface area contributed by atoms with E-state index in [0.29, 0.717) is 5.75 Å². The molecule has 6 nitrogen and oxygen atoms in total. The van der Waals surface area contributed by atoms with E-state index >= 15 is 0 Å². The summed E-state index contributed by atoms with van der Waals surface area (Å²) in [5.41, 5.74) is 5.94. The number of rotatable bonds is 7. The van der Waals surface area contributed by atoms with Crippen molar-refractivity contribution in [3.63, 3.8) is 0 Å². The van der Waals surface area contributed by atoms with Crippen LogP contribution in [0.25, 0.3) is 0 Å². The molecule has 0 aromatic heterocycles. The summed E-state index contributed by atoms with van der Waals surface area (Å²) in [6.07, 6.45) is -0.658. The molecule has 7 heteroatoms. The third-order valence-electron chi connectivity index (χ3n) is 3.41. The second kappa shape index (κ2) is 8.47. The molecule has 0 spiro atoms. The Hall–Kier alpha value is -1.89. The molecule has 0 aliphatic rings. The Morgan fingerprint density at radius 1 is 1.16 bits per heavy atom. The van der Waals surface area contributed by atoms with Crippen molar-refractivity contribution in [2.75, 3.05) is 7.11 Å². The summed E-state index contributed by atoms with van der Waals surface area (Å²) in [7, 11) is 1.62. The number of carbonyl (C=O) groups is 2. The predicted molar refractivity (Wildman–Crippen MR) is 101 cm³/mol.